The molecule has 1 atom stereocenters. The van der Waals surface area contributed by atoms with Crippen molar-refractivity contribution in [2.24, 2.45) is 4.99 Å². The summed E-state index contributed by atoms with van der Waals surface area (Å²) in [6.45, 7) is 3.54. The van der Waals surface area contributed by atoms with E-state index in [1.54, 1.807) is 19.2 Å². The number of nitrogens with zero attached hydrogens (tertiary/aromatic N) is 2. The molecular formula is C23H32N4O3. The van der Waals surface area contributed by atoms with Crippen LogP contribution in [0.15, 0.2) is 47.5 Å². The molecule has 2 aromatic rings. The number of phenolic OH excluding ortho intramolecular Hbond substituents is 1. The summed E-state index contributed by atoms with van der Waals surface area (Å²) in [6.07, 6.45) is 2.50. The van der Waals surface area contributed by atoms with Gasteiger partial charge in [0.05, 0.1) is 20.3 Å². The summed E-state index contributed by atoms with van der Waals surface area (Å²) in [5.74, 6) is 1.49. The molecule has 162 valence electrons. The molecule has 0 bridgehead atoms. The SMILES string of the molecule is CN=C(NCc1cc(OC)c(O)c(OC)c1)NCC(c1ccccc1)N1CCCC1. The molecule has 7 heteroatoms. The summed E-state index contributed by atoms with van der Waals surface area (Å²) < 4.78 is 10.5. The van der Waals surface area contributed by atoms with Crippen LogP contribution in [0.4, 0.5) is 0 Å². The lowest BCUT2D eigenvalue weighted by Gasteiger charge is -2.29. The van der Waals surface area contributed by atoms with Crippen LogP contribution in [0.1, 0.15) is 30.0 Å². The maximum Gasteiger partial charge on any atom is 0.200 e. The minimum absolute atomic E-state index is 0.00238. The highest BCUT2D eigenvalue weighted by Gasteiger charge is 2.23. The first-order valence-corrected chi connectivity index (χ1v) is 10.3. The van der Waals surface area contributed by atoms with Gasteiger partial charge in [-0.1, -0.05) is 30.3 Å². The molecule has 0 saturated carbocycles. The zero-order valence-corrected chi connectivity index (χ0v) is 18.0. The summed E-state index contributed by atoms with van der Waals surface area (Å²) in [5.41, 5.74) is 2.24. The molecule has 0 radical (unpaired) electrons. The van der Waals surface area contributed by atoms with Crippen LogP contribution >= 0.6 is 0 Å². The van der Waals surface area contributed by atoms with E-state index in [4.69, 9.17) is 9.47 Å². The molecule has 1 heterocycles. The predicted octanol–water partition coefficient (Wildman–Crippen LogP) is 2.91. The van der Waals surface area contributed by atoms with Crippen molar-refractivity contribution in [1.29, 1.82) is 0 Å². The Morgan fingerprint density at radius 2 is 1.70 bits per heavy atom. The predicted molar refractivity (Wildman–Crippen MR) is 119 cm³/mol. The quantitative estimate of drug-likeness (QED) is 0.457. The zero-order chi connectivity index (χ0) is 21.3. The first kappa shape index (κ1) is 21.8. The number of ether oxygens (including phenoxy) is 2. The molecule has 30 heavy (non-hydrogen) atoms. The van der Waals surface area contributed by atoms with Crippen molar-refractivity contribution in [1.82, 2.24) is 15.5 Å². The third-order valence-corrected chi connectivity index (χ3v) is 5.45. The molecule has 0 spiro atoms. The molecule has 1 unspecified atom stereocenters. The highest BCUT2D eigenvalue weighted by molar-refractivity contribution is 5.79. The number of hydrogen-bond acceptors (Lipinski definition) is 5. The fourth-order valence-electron chi connectivity index (χ4n) is 3.84. The van der Waals surface area contributed by atoms with Gasteiger partial charge < -0.3 is 25.2 Å². The molecule has 0 aliphatic carbocycles. The van der Waals surface area contributed by atoms with Gasteiger partial charge in [-0.3, -0.25) is 9.89 Å². The van der Waals surface area contributed by atoms with Gasteiger partial charge in [-0.05, 0) is 49.2 Å². The molecular weight excluding hydrogens is 380 g/mol. The number of aliphatic imine (C=N–C) groups is 1. The van der Waals surface area contributed by atoms with Gasteiger partial charge in [0, 0.05) is 20.1 Å². The third kappa shape index (κ3) is 5.36. The molecule has 1 aliphatic heterocycles. The topological polar surface area (TPSA) is 78.4 Å². The fourth-order valence-corrected chi connectivity index (χ4v) is 3.84. The third-order valence-electron chi connectivity index (χ3n) is 5.45. The van der Waals surface area contributed by atoms with Gasteiger partial charge in [0.15, 0.2) is 17.5 Å². The summed E-state index contributed by atoms with van der Waals surface area (Å²) in [4.78, 5) is 6.90. The Morgan fingerprint density at radius 1 is 1.07 bits per heavy atom. The Balaban J connectivity index is 1.64. The minimum Gasteiger partial charge on any atom is -0.502 e. The highest BCUT2D eigenvalue weighted by Crippen LogP contribution is 2.37. The van der Waals surface area contributed by atoms with E-state index in [9.17, 15) is 5.11 Å². The van der Waals surface area contributed by atoms with Crippen LogP contribution < -0.4 is 20.1 Å². The maximum absolute atomic E-state index is 10.1. The van der Waals surface area contributed by atoms with Crippen molar-refractivity contribution in [2.45, 2.75) is 25.4 Å². The normalized spacial score (nSPS) is 15.6. The minimum atomic E-state index is 0.00238. The number of hydrogen-bond donors (Lipinski definition) is 3. The fraction of sp³-hybridized carbons (Fsp3) is 0.435. The van der Waals surface area contributed by atoms with E-state index in [0.29, 0.717) is 24.1 Å². The van der Waals surface area contributed by atoms with Crippen molar-refractivity contribution in [2.75, 3.05) is 40.9 Å². The van der Waals surface area contributed by atoms with Crippen molar-refractivity contribution in [3.63, 3.8) is 0 Å². The number of guanidine groups is 1. The number of methoxy groups -OCH3 is 2. The van der Waals surface area contributed by atoms with Crippen LogP contribution in [-0.4, -0.2) is 56.9 Å². The highest BCUT2D eigenvalue weighted by atomic mass is 16.5. The van der Waals surface area contributed by atoms with Gasteiger partial charge >= 0.3 is 0 Å². The number of nitrogens with one attached hydrogen (secondary N) is 2. The van der Waals surface area contributed by atoms with Crippen molar-refractivity contribution in [3.05, 3.63) is 53.6 Å². The number of phenols is 1. The van der Waals surface area contributed by atoms with E-state index < -0.39 is 0 Å². The molecule has 3 N–H and O–H groups in total. The van der Waals surface area contributed by atoms with Crippen LogP contribution in [-0.2, 0) is 6.54 Å². The summed E-state index contributed by atoms with van der Waals surface area (Å²) in [7, 11) is 4.81. The lowest BCUT2D eigenvalue weighted by atomic mass is 10.1. The summed E-state index contributed by atoms with van der Waals surface area (Å²) in [6, 6.07) is 14.5. The second-order valence-corrected chi connectivity index (χ2v) is 7.33. The Hall–Kier alpha value is -2.93. The van der Waals surface area contributed by atoms with Crippen molar-refractivity contribution in [3.8, 4) is 17.2 Å². The van der Waals surface area contributed by atoms with E-state index >= 15 is 0 Å². The van der Waals surface area contributed by atoms with E-state index in [2.05, 4.69) is 50.9 Å². The standard InChI is InChI=1S/C23H32N4O3/c1-24-23(25-15-17-13-20(29-2)22(28)21(14-17)30-3)26-16-19(27-11-7-8-12-27)18-9-5-4-6-10-18/h4-6,9-10,13-14,19,28H,7-8,11-12,15-16H2,1-3H3,(H2,24,25,26). The Bertz CT molecular complexity index is 811. The molecule has 2 aromatic carbocycles. The monoisotopic (exact) mass is 412 g/mol. The molecule has 0 aromatic heterocycles. The Labute approximate surface area is 178 Å². The lowest BCUT2D eigenvalue weighted by Crippen LogP contribution is -2.42. The largest absolute Gasteiger partial charge is 0.502 e. The van der Waals surface area contributed by atoms with Gasteiger partial charge in [0.25, 0.3) is 0 Å². The van der Waals surface area contributed by atoms with Crippen LogP contribution in [0.25, 0.3) is 0 Å². The Kier molecular flexibility index (Phi) is 7.79. The smallest absolute Gasteiger partial charge is 0.200 e. The Morgan fingerprint density at radius 3 is 2.27 bits per heavy atom. The van der Waals surface area contributed by atoms with Gasteiger partial charge in [0.1, 0.15) is 0 Å². The van der Waals surface area contributed by atoms with Gasteiger partial charge in [-0.2, -0.15) is 0 Å². The van der Waals surface area contributed by atoms with E-state index in [1.807, 2.05) is 0 Å². The van der Waals surface area contributed by atoms with Crippen molar-refractivity contribution < 1.29 is 14.6 Å². The first-order valence-electron chi connectivity index (χ1n) is 10.3. The van der Waals surface area contributed by atoms with E-state index in [0.717, 1.165) is 31.2 Å². The van der Waals surface area contributed by atoms with Crippen LogP contribution in [0.5, 0.6) is 17.2 Å². The van der Waals surface area contributed by atoms with Crippen LogP contribution in [0.2, 0.25) is 0 Å². The van der Waals surface area contributed by atoms with Gasteiger partial charge in [-0.25, -0.2) is 0 Å². The second kappa shape index (κ2) is 10.7. The molecule has 1 saturated heterocycles. The summed E-state index contributed by atoms with van der Waals surface area (Å²) in [5, 5.41) is 16.9. The van der Waals surface area contributed by atoms with Crippen LogP contribution in [0, 0.1) is 0 Å². The number of aromatic hydroxyl groups is 1. The molecule has 0 amide bonds. The number of benzene rings is 2. The number of rotatable bonds is 8. The number of likely N-dealkylation sites (tertiary alicyclic amines) is 1. The van der Waals surface area contributed by atoms with E-state index in [-0.39, 0.29) is 5.75 Å². The van der Waals surface area contributed by atoms with Gasteiger partial charge in [-0.15, -0.1) is 0 Å². The average molecular weight is 413 g/mol. The second-order valence-electron chi connectivity index (χ2n) is 7.33. The molecule has 1 fully saturated rings. The zero-order valence-electron chi connectivity index (χ0n) is 18.0. The van der Waals surface area contributed by atoms with E-state index in [1.165, 1.54) is 32.6 Å². The average Bonchev–Trinajstić information content (AvgIpc) is 3.32. The summed E-state index contributed by atoms with van der Waals surface area (Å²) >= 11 is 0. The molecule has 7 nitrogen and oxygen atoms in total. The molecule has 3 rings (SSSR count). The first-order chi connectivity index (χ1) is 14.7. The lowest BCUT2D eigenvalue weighted by molar-refractivity contribution is 0.245. The van der Waals surface area contributed by atoms with Gasteiger partial charge in [0.2, 0.25) is 5.75 Å². The maximum atomic E-state index is 10.1. The molecule has 1 aliphatic rings. The van der Waals surface area contributed by atoms with Crippen LogP contribution in [0.3, 0.4) is 0 Å². The van der Waals surface area contributed by atoms with Crippen molar-refractivity contribution >= 4 is 5.96 Å².